The van der Waals surface area contributed by atoms with Crippen molar-refractivity contribution in [3.8, 4) is 5.75 Å². The van der Waals surface area contributed by atoms with Crippen LogP contribution in [-0.4, -0.2) is 22.7 Å². The normalized spacial score (nSPS) is 16.4. The van der Waals surface area contributed by atoms with Crippen molar-refractivity contribution in [2.45, 2.75) is 58.4 Å². The molecule has 0 saturated heterocycles. The van der Waals surface area contributed by atoms with Gasteiger partial charge in [0.1, 0.15) is 11.3 Å². The molecule has 1 aliphatic rings. The molecule has 0 bridgehead atoms. The van der Waals surface area contributed by atoms with Crippen molar-refractivity contribution in [1.29, 1.82) is 0 Å². The van der Waals surface area contributed by atoms with E-state index in [0.29, 0.717) is 17.5 Å². The van der Waals surface area contributed by atoms with Crippen LogP contribution < -0.4 is 10.1 Å². The highest BCUT2D eigenvalue weighted by Crippen LogP contribution is 2.35. The van der Waals surface area contributed by atoms with Crippen LogP contribution >= 0.6 is 0 Å². The fraction of sp³-hybridized carbons (Fsp3) is 0.526. The Bertz CT molecular complexity index is 728. The number of aromatic nitrogens is 2. The van der Waals surface area contributed by atoms with Crippen LogP contribution in [0.4, 0.5) is 0 Å². The van der Waals surface area contributed by atoms with Crippen LogP contribution in [-0.2, 0) is 10.3 Å². The number of carbonyl (C=O) groups excluding carboxylic acids is 1. The lowest BCUT2D eigenvalue weighted by Gasteiger charge is -2.35. The highest BCUT2D eigenvalue weighted by atomic mass is 16.5. The zero-order chi connectivity index (χ0) is 17.9. The first kappa shape index (κ1) is 17.5. The van der Waals surface area contributed by atoms with Crippen molar-refractivity contribution in [3.05, 3.63) is 41.0 Å². The van der Waals surface area contributed by atoms with Crippen molar-refractivity contribution in [3.63, 3.8) is 0 Å². The summed E-state index contributed by atoms with van der Waals surface area (Å²) in [7, 11) is 0. The van der Waals surface area contributed by atoms with Gasteiger partial charge in [0, 0.05) is 6.92 Å². The van der Waals surface area contributed by atoms with Gasteiger partial charge in [0.15, 0.2) is 12.4 Å². The molecule has 0 aliphatic heterocycles. The summed E-state index contributed by atoms with van der Waals surface area (Å²) in [6.45, 7) is 5.75. The fourth-order valence-electron chi connectivity index (χ4n) is 3.52. The number of hydrogen-bond acceptors (Lipinski definition) is 5. The van der Waals surface area contributed by atoms with Crippen LogP contribution in [0.15, 0.2) is 22.7 Å². The molecule has 1 aromatic heterocycles. The first-order valence-electron chi connectivity index (χ1n) is 8.80. The fourth-order valence-corrected chi connectivity index (χ4v) is 3.52. The Hall–Kier alpha value is -2.37. The Morgan fingerprint density at radius 1 is 1.16 bits per heavy atom. The lowest BCUT2D eigenvalue weighted by Crippen LogP contribution is -2.49. The average molecular weight is 343 g/mol. The lowest BCUT2D eigenvalue weighted by atomic mass is 9.81. The van der Waals surface area contributed by atoms with Gasteiger partial charge in [-0.2, -0.15) is 4.98 Å². The minimum atomic E-state index is -0.543. The lowest BCUT2D eigenvalue weighted by molar-refractivity contribution is -0.125. The molecule has 6 heteroatoms. The molecule has 1 aromatic carbocycles. The Labute approximate surface area is 148 Å². The highest BCUT2D eigenvalue weighted by Gasteiger charge is 2.39. The maximum absolute atomic E-state index is 12.5. The molecule has 1 fully saturated rings. The van der Waals surface area contributed by atoms with E-state index in [2.05, 4.69) is 21.5 Å². The van der Waals surface area contributed by atoms with E-state index in [-0.39, 0.29) is 12.5 Å². The molecule has 1 amide bonds. The van der Waals surface area contributed by atoms with Gasteiger partial charge in [0.2, 0.25) is 5.89 Å². The van der Waals surface area contributed by atoms with E-state index in [1.165, 1.54) is 0 Å². The third-order valence-corrected chi connectivity index (χ3v) is 4.61. The SMILES string of the molecule is Cc1cc(C)cc(OCC(=O)NC2(c3noc(C)n3)CCCCC2)c1. The molecule has 134 valence electrons. The highest BCUT2D eigenvalue weighted by molar-refractivity contribution is 5.78. The predicted molar refractivity (Wildman–Crippen MR) is 93.4 cm³/mol. The number of benzene rings is 1. The molecular formula is C19H25N3O3. The molecule has 25 heavy (non-hydrogen) atoms. The first-order chi connectivity index (χ1) is 12.0. The van der Waals surface area contributed by atoms with Crippen molar-refractivity contribution in [2.24, 2.45) is 0 Å². The second-order valence-electron chi connectivity index (χ2n) is 6.94. The maximum atomic E-state index is 12.5. The summed E-state index contributed by atoms with van der Waals surface area (Å²) in [5.74, 6) is 1.63. The second kappa shape index (κ2) is 7.25. The third-order valence-electron chi connectivity index (χ3n) is 4.61. The molecule has 1 aliphatic carbocycles. The van der Waals surface area contributed by atoms with Crippen molar-refractivity contribution in [1.82, 2.24) is 15.5 Å². The van der Waals surface area contributed by atoms with E-state index in [4.69, 9.17) is 9.26 Å². The standard InChI is InChI=1S/C19H25N3O3/c1-13-9-14(2)11-16(10-13)24-12-17(23)21-19(7-5-4-6-8-19)18-20-15(3)25-22-18/h9-11H,4-8,12H2,1-3H3,(H,21,23). The summed E-state index contributed by atoms with van der Waals surface area (Å²) in [5, 5.41) is 7.18. The van der Waals surface area contributed by atoms with Gasteiger partial charge in [-0.25, -0.2) is 0 Å². The van der Waals surface area contributed by atoms with E-state index < -0.39 is 5.54 Å². The molecule has 0 atom stereocenters. The van der Waals surface area contributed by atoms with Gasteiger partial charge >= 0.3 is 0 Å². The summed E-state index contributed by atoms with van der Waals surface area (Å²) < 4.78 is 10.8. The van der Waals surface area contributed by atoms with Gasteiger partial charge in [-0.1, -0.05) is 30.5 Å². The Morgan fingerprint density at radius 2 is 1.84 bits per heavy atom. The number of amides is 1. The van der Waals surface area contributed by atoms with Crippen LogP contribution in [0.25, 0.3) is 0 Å². The van der Waals surface area contributed by atoms with Gasteiger partial charge in [-0.3, -0.25) is 4.79 Å². The van der Waals surface area contributed by atoms with Gasteiger partial charge in [-0.05, 0) is 49.9 Å². The molecule has 0 unspecified atom stereocenters. The number of nitrogens with zero attached hydrogens (tertiary/aromatic N) is 2. The van der Waals surface area contributed by atoms with Crippen LogP contribution in [0.1, 0.15) is 54.9 Å². The zero-order valence-corrected chi connectivity index (χ0v) is 15.1. The van der Waals surface area contributed by atoms with Gasteiger partial charge in [0.25, 0.3) is 5.91 Å². The maximum Gasteiger partial charge on any atom is 0.258 e. The monoisotopic (exact) mass is 343 g/mol. The van der Waals surface area contributed by atoms with Gasteiger partial charge in [0.05, 0.1) is 0 Å². The van der Waals surface area contributed by atoms with E-state index in [1.54, 1.807) is 6.92 Å². The van der Waals surface area contributed by atoms with Crippen LogP contribution in [0.2, 0.25) is 0 Å². The third kappa shape index (κ3) is 4.18. The van der Waals surface area contributed by atoms with E-state index in [0.717, 1.165) is 43.2 Å². The average Bonchev–Trinajstić information content (AvgIpc) is 3.00. The number of aryl methyl sites for hydroxylation is 3. The molecule has 1 heterocycles. The van der Waals surface area contributed by atoms with Crippen LogP contribution in [0, 0.1) is 20.8 Å². The molecule has 2 aromatic rings. The summed E-state index contributed by atoms with van der Waals surface area (Å²) in [6, 6.07) is 5.93. The van der Waals surface area contributed by atoms with Gasteiger partial charge in [-0.15, -0.1) is 0 Å². The minimum Gasteiger partial charge on any atom is -0.484 e. The molecule has 1 saturated carbocycles. The zero-order valence-electron chi connectivity index (χ0n) is 15.1. The molecule has 6 nitrogen and oxygen atoms in total. The topological polar surface area (TPSA) is 77.2 Å². The Kier molecular flexibility index (Phi) is 5.06. The van der Waals surface area contributed by atoms with Crippen molar-refractivity contribution in [2.75, 3.05) is 6.61 Å². The van der Waals surface area contributed by atoms with Gasteiger partial charge < -0.3 is 14.6 Å². The molecule has 1 N–H and O–H groups in total. The number of rotatable bonds is 5. The molecule has 0 radical (unpaired) electrons. The molecular weight excluding hydrogens is 318 g/mol. The predicted octanol–water partition coefficient (Wildman–Crippen LogP) is 3.35. The summed E-state index contributed by atoms with van der Waals surface area (Å²) in [6.07, 6.45) is 4.87. The quantitative estimate of drug-likeness (QED) is 0.901. The smallest absolute Gasteiger partial charge is 0.258 e. The molecule has 3 rings (SSSR count). The summed E-state index contributed by atoms with van der Waals surface area (Å²) in [5.41, 5.74) is 1.68. The number of nitrogens with one attached hydrogen (secondary N) is 1. The number of carbonyl (C=O) groups is 1. The van der Waals surface area contributed by atoms with Crippen molar-refractivity contribution >= 4 is 5.91 Å². The molecule has 0 spiro atoms. The number of hydrogen-bond donors (Lipinski definition) is 1. The van der Waals surface area contributed by atoms with Crippen molar-refractivity contribution < 1.29 is 14.1 Å². The Balaban J connectivity index is 1.68. The Morgan fingerprint density at radius 3 is 2.44 bits per heavy atom. The van der Waals surface area contributed by atoms with E-state index >= 15 is 0 Å². The second-order valence-corrected chi connectivity index (χ2v) is 6.94. The largest absolute Gasteiger partial charge is 0.484 e. The summed E-state index contributed by atoms with van der Waals surface area (Å²) >= 11 is 0. The summed E-state index contributed by atoms with van der Waals surface area (Å²) in [4.78, 5) is 16.9. The van der Waals surface area contributed by atoms with E-state index in [1.807, 2.05) is 26.0 Å². The number of ether oxygens (including phenoxy) is 1. The van der Waals surface area contributed by atoms with E-state index in [9.17, 15) is 4.79 Å². The minimum absolute atomic E-state index is 0.0263. The van der Waals surface area contributed by atoms with Crippen LogP contribution in [0.3, 0.4) is 0 Å². The first-order valence-corrected chi connectivity index (χ1v) is 8.80. The van der Waals surface area contributed by atoms with Crippen LogP contribution in [0.5, 0.6) is 5.75 Å².